The Kier molecular flexibility index (Phi) is 6.23. The second-order valence-electron chi connectivity index (χ2n) is 5.54. The molecule has 0 spiro atoms. The molecule has 1 aliphatic rings. The van der Waals surface area contributed by atoms with Crippen LogP contribution in [0, 0.1) is 0 Å². The van der Waals surface area contributed by atoms with Crippen molar-refractivity contribution in [3.05, 3.63) is 24.3 Å². The van der Waals surface area contributed by atoms with E-state index >= 15 is 0 Å². The van der Waals surface area contributed by atoms with E-state index < -0.39 is 10.0 Å². The van der Waals surface area contributed by atoms with Crippen molar-refractivity contribution in [1.29, 1.82) is 0 Å². The molecule has 1 atom stereocenters. The molecule has 0 bridgehead atoms. The first-order valence-corrected chi connectivity index (χ1v) is 9.27. The minimum Gasteiger partial charge on any atom is -0.494 e. The summed E-state index contributed by atoms with van der Waals surface area (Å²) < 4.78 is 37.7. The monoisotopic (exact) mass is 327 g/mol. The van der Waals surface area contributed by atoms with Crippen molar-refractivity contribution >= 4 is 10.0 Å². The van der Waals surface area contributed by atoms with E-state index in [0.29, 0.717) is 30.4 Å². The lowest BCUT2D eigenvalue weighted by atomic mass is 10.2. The van der Waals surface area contributed by atoms with Crippen molar-refractivity contribution in [3.63, 3.8) is 0 Å². The van der Waals surface area contributed by atoms with E-state index in [1.807, 2.05) is 0 Å². The minimum atomic E-state index is -3.45. The van der Waals surface area contributed by atoms with Crippen LogP contribution in [0.5, 0.6) is 5.75 Å². The molecule has 6 heteroatoms. The molecule has 1 aliphatic heterocycles. The number of benzene rings is 1. The molecule has 0 aromatic heterocycles. The Bertz CT molecular complexity index is 556. The van der Waals surface area contributed by atoms with Crippen LogP contribution in [-0.2, 0) is 14.8 Å². The third-order valence-corrected chi connectivity index (χ3v) is 5.85. The Morgan fingerprint density at radius 2 is 2.00 bits per heavy atom. The summed E-state index contributed by atoms with van der Waals surface area (Å²) in [5.41, 5.74) is 0. The van der Waals surface area contributed by atoms with E-state index in [1.54, 1.807) is 35.7 Å². The average Bonchev–Trinajstić information content (AvgIpc) is 2.98. The zero-order valence-electron chi connectivity index (χ0n) is 13.3. The summed E-state index contributed by atoms with van der Waals surface area (Å²) in [7, 11) is -1.85. The molecule has 22 heavy (non-hydrogen) atoms. The van der Waals surface area contributed by atoms with Gasteiger partial charge in [0.25, 0.3) is 0 Å². The van der Waals surface area contributed by atoms with Gasteiger partial charge in [-0.05, 0) is 43.5 Å². The maximum Gasteiger partial charge on any atom is 0.243 e. The lowest BCUT2D eigenvalue weighted by molar-refractivity contribution is 0.149. The smallest absolute Gasteiger partial charge is 0.243 e. The van der Waals surface area contributed by atoms with Gasteiger partial charge >= 0.3 is 0 Å². The first-order valence-electron chi connectivity index (χ1n) is 7.83. The van der Waals surface area contributed by atoms with Crippen LogP contribution in [-0.4, -0.2) is 45.6 Å². The quantitative estimate of drug-likeness (QED) is 0.689. The van der Waals surface area contributed by atoms with Crippen molar-refractivity contribution < 1.29 is 17.9 Å². The molecule has 2 rings (SSSR count). The van der Waals surface area contributed by atoms with Crippen molar-refractivity contribution in [2.24, 2.45) is 0 Å². The Morgan fingerprint density at radius 3 is 2.64 bits per heavy atom. The fourth-order valence-corrected chi connectivity index (χ4v) is 4.34. The van der Waals surface area contributed by atoms with Crippen LogP contribution in [0.4, 0.5) is 0 Å². The largest absolute Gasteiger partial charge is 0.494 e. The van der Waals surface area contributed by atoms with E-state index in [0.717, 1.165) is 25.7 Å². The lowest BCUT2D eigenvalue weighted by Gasteiger charge is -2.23. The van der Waals surface area contributed by atoms with E-state index in [-0.39, 0.29) is 6.04 Å². The predicted molar refractivity (Wildman–Crippen MR) is 85.6 cm³/mol. The van der Waals surface area contributed by atoms with Gasteiger partial charge in [-0.2, -0.15) is 4.31 Å². The Hall–Kier alpha value is -1.11. The molecule has 1 saturated heterocycles. The molecule has 0 N–H and O–H groups in total. The highest BCUT2D eigenvalue weighted by atomic mass is 32.2. The number of unbranched alkanes of at least 4 members (excludes halogenated alkanes) is 1. The maximum absolute atomic E-state index is 12.7. The van der Waals surface area contributed by atoms with Gasteiger partial charge in [0.2, 0.25) is 10.0 Å². The van der Waals surface area contributed by atoms with E-state index in [2.05, 4.69) is 6.92 Å². The van der Waals surface area contributed by atoms with Crippen LogP contribution in [0.1, 0.15) is 32.6 Å². The average molecular weight is 327 g/mol. The molecule has 1 unspecified atom stereocenters. The summed E-state index contributed by atoms with van der Waals surface area (Å²) in [4.78, 5) is 0.318. The number of rotatable bonds is 8. The number of hydrogen-bond donors (Lipinski definition) is 0. The maximum atomic E-state index is 12.7. The minimum absolute atomic E-state index is 0.0597. The molecule has 0 aliphatic carbocycles. The second kappa shape index (κ2) is 7.94. The first-order chi connectivity index (χ1) is 10.6. The van der Waals surface area contributed by atoms with Crippen LogP contribution < -0.4 is 4.74 Å². The highest BCUT2D eigenvalue weighted by Gasteiger charge is 2.35. The van der Waals surface area contributed by atoms with Crippen LogP contribution in [0.25, 0.3) is 0 Å². The summed E-state index contributed by atoms with van der Waals surface area (Å²) in [5, 5.41) is 0. The number of hydrogen-bond acceptors (Lipinski definition) is 4. The number of methoxy groups -OCH3 is 1. The summed E-state index contributed by atoms with van der Waals surface area (Å²) >= 11 is 0. The van der Waals surface area contributed by atoms with Crippen molar-refractivity contribution in [3.8, 4) is 5.75 Å². The van der Waals surface area contributed by atoms with Gasteiger partial charge < -0.3 is 9.47 Å². The van der Waals surface area contributed by atoms with Gasteiger partial charge in [-0.1, -0.05) is 13.3 Å². The van der Waals surface area contributed by atoms with Crippen molar-refractivity contribution in [2.75, 3.05) is 26.9 Å². The van der Waals surface area contributed by atoms with Gasteiger partial charge in [-0.25, -0.2) is 8.42 Å². The molecule has 1 aromatic rings. The van der Waals surface area contributed by atoms with E-state index in [4.69, 9.17) is 9.47 Å². The zero-order chi connectivity index (χ0) is 16.0. The second-order valence-corrected chi connectivity index (χ2v) is 7.43. The number of sulfonamides is 1. The fourth-order valence-electron chi connectivity index (χ4n) is 2.66. The van der Waals surface area contributed by atoms with Gasteiger partial charge in [-0.3, -0.25) is 0 Å². The summed E-state index contributed by atoms with van der Waals surface area (Å²) in [6.07, 6.45) is 3.80. The molecule has 0 radical (unpaired) electrons. The van der Waals surface area contributed by atoms with Gasteiger partial charge in [0.1, 0.15) is 5.75 Å². The zero-order valence-corrected chi connectivity index (χ0v) is 14.1. The van der Waals surface area contributed by atoms with Crippen LogP contribution in [0.15, 0.2) is 29.2 Å². The molecule has 5 nitrogen and oxygen atoms in total. The highest BCUT2D eigenvalue weighted by Crippen LogP contribution is 2.27. The molecule has 1 aromatic carbocycles. The van der Waals surface area contributed by atoms with Gasteiger partial charge in [0.05, 0.1) is 18.1 Å². The molecular weight excluding hydrogens is 302 g/mol. The first kappa shape index (κ1) is 17.2. The molecular formula is C16H25NO4S. The molecule has 0 saturated carbocycles. The Balaban J connectivity index is 2.09. The third kappa shape index (κ3) is 4.00. The summed E-state index contributed by atoms with van der Waals surface area (Å²) in [6, 6.07) is 6.64. The SMILES string of the molecule is CCCCOc1ccc(S(=O)(=O)N2CCCC2COC)cc1. The van der Waals surface area contributed by atoms with E-state index in [9.17, 15) is 8.42 Å². The van der Waals surface area contributed by atoms with Crippen LogP contribution in [0.3, 0.4) is 0 Å². The Labute approximate surface area is 133 Å². The van der Waals surface area contributed by atoms with E-state index in [1.165, 1.54) is 0 Å². The van der Waals surface area contributed by atoms with Crippen molar-refractivity contribution in [1.82, 2.24) is 4.31 Å². The lowest BCUT2D eigenvalue weighted by Crippen LogP contribution is -2.38. The molecule has 1 heterocycles. The molecule has 124 valence electrons. The summed E-state index contributed by atoms with van der Waals surface area (Å²) in [6.45, 7) is 3.76. The topological polar surface area (TPSA) is 55.8 Å². The predicted octanol–water partition coefficient (Wildman–Crippen LogP) is 2.67. The van der Waals surface area contributed by atoms with Crippen LogP contribution in [0.2, 0.25) is 0 Å². The van der Waals surface area contributed by atoms with Crippen LogP contribution >= 0.6 is 0 Å². The highest BCUT2D eigenvalue weighted by molar-refractivity contribution is 7.89. The third-order valence-electron chi connectivity index (χ3n) is 3.88. The van der Waals surface area contributed by atoms with Gasteiger partial charge in [0.15, 0.2) is 0 Å². The standard InChI is InChI=1S/C16H25NO4S/c1-3-4-12-21-15-7-9-16(10-8-15)22(18,19)17-11-5-6-14(17)13-20-2/h7-10,14H,3-6,11-13H2,1-2H3. The normalized spacial score (nSPS) is 19.5. The van der Waals surface area contributed by atoms with Gasteiger partial charge in [-0.15, -0.1) is 0 Å². The van der Waals surface area contributed by atoms with Crippen molar-refractivity contribution in [2.45, 2.75) is 43.5 Å². The van der Waals surface area contributed by atoms with Gasteiger partial charge in [0, 0.05) is 19.7 Å². The number of nitrogens with zero attached hydrogens (tertiary/aromatic N) is 1. The molecule has 0 amide bonds. The summed E-state index contributed by atoms with van der Waals surface area (Å²) in [5.74, 6) is 0.710. The molecule has 1 fully saturated rings. The Morgan fingerprint density at radius 1 is 1.27 bits per heavy atom. The number of ether oxygens (including phenoxy) is 2. The fraction of sp³-hybridized carbons (Fsp3) is 0.625.